The highest BCUT2D eigenvalue weighted by Crippen LogP contribution is 2.50. The fraction of sp³-hybridized carbons (Fsp3) is 0.435. The summed E-state index contributed by atoms with van der Waals surface area (Å²) in [5.74, 6) is 2.41. The molecule has 2 aromatic rings. The van der Waals surface area contributed by atoms with Crippen molar-refractivity contribution < 1.29 is 4.79 Å². The highest BCUT2D eigenvalue weighted by Gasteiger charge is 2.42. The van der Waals surface area contributed by atoms with Gasteiger partial charge in [0, 0.05) is 24.5 Å². The molecule has 5 heteroatoms. The Labute approximate surface area is 164 Å². The van der Waals surface area contributed by atoms with Gasteiger partial charge < -0.3 is 5.43 Å². The zero-order valence-electron chi connectivity index (χ0n) is 15.9. The number of hydrazine groups is 1. The predicted octanol–water partition coefficient (Wildman–Crippen LogP) is 3.41. The van der Waals surface area contributed by atoms with Crippen molar-refractivity contribution in [2.75, 3.05) is 12.0 Å². The van der Waals surface area contributed by atoms with E-state index in [1.54, 1.807) is 0 Å². The molecule has 4 bridgehead atoms. The van der Waals surface area contributed by atoms with Crippen molar-refractivity contribution in [3.05, 3.63) is 58.3 Å². The van der Waals surface area contributed by atoms with Crippen LogP contribution in [-0.2, 0) is 17.6 Å². The van der Waals surface area contributed by atoms with Crippen LogP contribution in [-0.4, -0.2) is 22.5 Å². The minimum atomic E-state index is 0.0693. The lowest BCUT2D eigenvalue weighted by Gasteiger charge is -2.22. The Morgan fingerprint density at radius 3 is 2.82 bits per heavy atom. The van der Waals surface area contributed by atoms with Crippen LogP contribution in [0.3, 0.4) is 0 Å². The van der Waals surface area contributed by atoms with Crippen LogP contribution in [0.1, 0.15) is 59.5 Å². The van der Waals surface area contributed by atoms with E-state index in [2.05, 4.69) is 39.3 Å². The summed E-state index contributed by atoms with van der Waals surface area (Å²) in [6, 6.07) is 8.43. The molecular weight excluding hydrogens is 348 g/mol. The van der Waals surface area contributed by atoms with E-state index in [0.29, 0.717) is 24.0 Å². The van der Waals surface area contributed by atoms with Crippen LogP contribution in [0.2, 0.25) is 0 Å². The number of aromatic nitrogens is 2. The second-order valence-electron chi connectivity index (χ2n) is 8.70. The predicted molar refractivity (Wildman–Crippen MR) is 108 cm³/mol. The lowest BCUT2D eigenvalue weighted by molar-refractivity contribution is -0.120. The minimum Gasteiger partial charge on any atom is -0.304 e. The highest BCUT2D eigenvalue weighted by molar-refractivity contribution is 5.97. The molecule has 1 aromatic heterocycles. The van der Waals surface area contributed by atoms with Crippen molar-refractivity contribution in [3.8, 4) is 0 Å². The molecule has 1 aromatic carbocycles. The van der Waals surface area contributed by atoms with Crippen molar-refractivity contribution >= 4 is 17.2 Å². The summed E-state index contributed by atoms with van der Waals surface area (Å²) in [7, 11) is 0. The monoisotopic (exact) mass is 372 g/mol. The van der Waals surface area contributed by atoms with Crippen LogP contribution in [0, 0.1) is 11.8 Å². The summed E-state index contributed by atoms with van der Waals surface area (Å²) in [6.45, 7) is 0.899. The molecule has 3 atom stereocenters. The summed E-state index contributed by atoms with van der Waals surface area (Å²) in [5.41, 5.74) is 13.7. The molecule has 2 aliphatic heterocycles. The van der Waals surface area contributed by atoms with Crippen LogP contribution in [0.4, 0.5) is 5.82 Å². The first-order valence-electron chi connectivity index (χ1n) is 10.5. The van der Waals surface area contributed by atoms with Crippen molar-refractivity contribution in [2.45, 2.75) is 44.4 Å². The van der Waals surface area contributed by atoms with Gasteiger partial charge in [-0.1, -0.05) is 24.6 Å². The molecule has 0 spiro atoms. The van der Waals surface area contributed by atoms with Gasteiger partial charge in [0.25, 0.3) is 0 Å². The molecule has 3 aliphatic carbocycles. The largest absolute Gasteiger partial charge is 0.304 e. The Kier molecular flexibility index (Phi) is 3.66. The number of hydrogen-bond acceptors (Lipinski definition) is 5. The number of hydrogen-bond donors (Lipinski definition) is 2. The number of benzene rings is 1. The third kappa shape index (κ3) is 2.46. The Bertz CT molecular complexity index is 994. The maximum atomic E-state index is 13.1. The van der Waals surface area contributed by atoms with E-state index in [9.17, 15) is 4.79 Å². The Balaban J connectivity index is 1.52. The lowest BCUT2D eigenvalue weighted by Crippen LogP contribution is -2.25. The van der Waals surface area contributed by atoms with Gasteiger partial charge in [-0.25, -0.2) is 5.43 Å². The molecule has 0 amide bonds. The van der Waals surface area contributed by atoms with Crippen LogP contribution >= 0.6 is 0 Å². The van der Waals surface area contributed by atoms with Gasteiger partial charge in [0.05, 0.1) is 5.69 Å². The lowest BCUT2D eigenvalue weighted by atomic mass is 9.80. The normalized spacial score (nSPS) is 27.8. The Hall–Kier alpha value is -2.53. The van der Waals surface area contributed by atoms with Crippen molar-refractivity contribution in [1.29, 1.82) is 0 Å². The number of carbonyl (C=O) groups excluding carboxylic acids is 1. The number of nitrogens with zero attached hydrogens (tertiary/aromatic N) is 2. The number of ketones is 1. The minimum absolute atomic E-state index is 0.0693. The summed E-state index contributed by atoms with van der Waals surface area (Å²) in [6.07, 6.45) is 8.46. The van der Waals surface area contributed by atoms with Gasteiger partial charge in [0.2, 0.25) is 0 Å². The molecule has 1 saturated carbocycles. The first kappa shape index (κ1) is 16.4. The number of nitrogens with one attached hydrogen (secondary N) is 2. The van der Waals surface area contributed by atoms with Crippen molar-refractivity contribution in [3.63, 3.8) is 0 Å². The number of anilines is 1. The fourth-order valence-electron chi connectivity index (χ4n) is 5.86. The topological polar surface area (TPSA) is 66.9 Å². The van der Waals surface area contributed by atoms with E-state index in [-0.39, 0.29) is 5.92 Å². The van der Waals surface area contributed by atoms with E-state index < -0.39 is 0 Å². The van der Waals surface area contributed by atoms with Gasteiger partial charge >= 0.3 is 0 Å². The van der Waals surface area contributed by atoms with Gasteiger partial charge in [0.15, 0.2) is 5.82 Å². The quantitative estimate of drug-likeness (QED) is 0.742. The maximum Gasteiger partial charge on any atom is 0.162 e. The van der Waals surface area contributed by atoms with E-state index in [0.717, 1.165) is 36.5 Å². The second kappa shape index (κ2) is 6.24. The highest BCUT2D eigenvalue weighted by atomic mass is 16.1. The molecule has 1 fully saturated rings. The summed E-state index contributed by atoms with van der Waals surface area (Å²) < 4.78 is 0. The SMILES string of the molecule is O=C1Cc2ccc3c4c2C1C1CCC(CCNNc2ccc(nn2)C4=CC3)C1. The van der Waals surface area contributed by atoms with Crippen LogP contribution in [0.25, 0.3) is 5.57 Å². The summed E-state index contributed by atoms with van der Waals surface area (Å²) >= 11 is 0. The molecule has 3 unspecified atom stereocenters. The third-order valence-electron chi connectivity index (χ3n) is 7.13. The zero-order chi connectivity index (χ0) is 18.7. The first-order chi connectivity index (χ1) is 13.8. The molecule has 7 rings (SSSR count). The summed E-state index contributed by atoms with van der Waals surface area (Å²) in [5, 5.41) is 8.85. The molecule has 3 heterocycles. The van der Waals surface area contributed by atoms with Gasteiger partial charge in [-0.15, -0.1) is 10.2 Å². The average molecular weight is 372 g/mol. The number of rotatable bonds is 0. The van der Waals surface area contributed by atoms with Crippen LogP contribution in [0.5, 0.6) is 0 Å². The number of fused-ring (bicyclic) bond motifs is 5. The van der Waals surface area contributed by atoms with Crippen LogP contribution in [0.15, 0.2) is 30.3 Å². The number of carbonyl (C=O) groups is 1. The Morgan fingerprint density at radius 2 is 1.93 bits per heavy atom. The van der Waals surface area contributed by atoms with Gasteiger partial charge in [-0.05, 0) is 71.9 Å². The molecule has 0 saturated heterocycles. The number of allylic oxidation sites excluding steroid dienone is 1. The molecule has 5 aliphatic rings. The average Bonchev–Trinajstić information content (AvgIpc) is 3.40. The van der Waals surface area contributed by atoms with E-state index in [4.69, 9.17) is 0 Å². The molecule has 142 valence electrons. The van der Waals surface area contributed by atoms with Crippen molar-refractivity contribution in [1.82, 2.24) is 15.6 Å². The molecule has 0 radical (unpaired) electrons. The van der Waals surface area contributed by atoms with Gasteiger partial charge in [0.1, 0.15) is 5.78 Å². The zero-order valence-corrected chi connectivity index (χ0v) is 15.9. The summed E-state index contributed by atoms with van der Waals surface area (Å²) in [4.78, 5) is 13.1. The van der Waals surface area contributed by atoms with E-state index >= 15 is 0 Å². The fourth-order valence-corrected chi connectivity index (χ4v) is 5.86. The smallest absolute Gasteiger partial charge is 0.162 e. The van der Waals surface area contributed by atoms with E-state index in [1.807, 2.05) is 12.1 Å². The van der Waals surface area contributed by atoms with Gasteiger partial charge in [-0.2, -0.15) is 0 Å². The van der Waals surface area contributed by atoms with Crippen LogP contribution < -0.4 is 10.9 Å². The maximum absolute atomic E-state index is 13.1. The molecule has 5 nitrogen and oxygen atoms in total. The molecule has 2 N–H and O–H groups in total. The molecular formula is C23H24N4O. The van der Waals surface area contributed by atoms with Gasteiger partial charge in [-0.3, -0.25) is 4.79 Å². The standard InChI is InChI=1S/C23H24N4O/c28-19-12-16-4-3-14-5-6-17-18-7-8-20(27-25-18)26-24-10-9-13-1-2-15(11-13)22(19)23(16)21(14)17/h3-4,6-8,13,15,22,24H,1-2,5,9-12H2,(H,26,27). The third-order valence-corrected chi connectivity index (χ3v) is 7.13. The number of Topliss-reactive ketones (excluding diaryl/α,β-unsaturated/α-hetero) is 1. The van der Waals surface area contributed by atoms with E-state index in [1.165, 1.54) is 41.5 Å². The first-order valence-corrected chi connectivity index (χ1v) is 10.5. The molecule has 28 heavy (non-hydrogen) atoms. The second-order valence-corrected chi connectivity index (χ2v) is 8.70. The Morgan fingerprint density at radius 1 is 1.00 bits per heavy atom. The van der Waals surface area contributed by atoms with Crippen molar-refractivity contribution in [2.24, 2.45) is 11.8 Å².